The van der Waals surface area contributed by atoms with Crippen molar-refractivity contribution in [2.24, 2.45) is 0 Å². The summed E-state index contributed by atoms with van der Waals surface area (Å²) < 4.78 is 2.20. The number of hydrogen-bond acceptors (Lipinski definition) is 2. The molecule has 0 saturated carbocycles. The van der Waals surface area contributed by atoms with Crippen molar-refractivity contribution in [1.82, 2.24) is 14.9 Å². The lowest BCUT2D eigenvalue weighted by Gasteiger charge is -2.25. The standard InChI is InChI=1S/C16H21N3/c1-13-17-8-10-19(13)11-9-18-16-7-6-14-4-2-3-5-15(14)12-16/h2-5,8,10,16,18H,6-7,9,11-12H2,1H3. The van der Waals surface area contributed by atoms with Crippen molar-refractivity contribution in [2.45, 2.75) is 38.8 Å². The maximum Gasteiger partial charge on any atom is 0.105 e. The zero-order valence-electron chi connectivity index (χ0n) is 11.5. The van der Waals surface area contributed by atoms with E-state index in [1.54, 1.807) is 0 Å². The number of aryl methyl sites for hydroxylation is 2. The number of hydrogen-bond donors (Lipinski definition) is 1. The van der Waals surface area contributed by atoms with Gasteiger partial charge in [-0.05, 0) is 37.3 Å². The van der Waals surface area contributed by atoms with Crippen LogP contribution in [0.2, 0.25) is 0 Å². The summed E-state index contributed by atoms with van der Waals surface area (Å²) in [7, 11) is 0. The summed E-state index contributed by atoms with van der Waals surface area (Å²) in [5.41, 5.74) is 3.05. The summed E-state index contributed by atoms with van der Waals surface area (Å²) in [5, 5.41) is 3.68. The number of aromatic nitrogens is 2. The lowest BCUT2D eigenvalue weighted by molar-refractivity contribution is 0.442. The summed E-state index contributed by atoms with van der Waals surface area (Å²) in [6.07, 6.45) is 7.54. The molecule has 3 rings (SSSR count). The van der Waals surface area contributed by atoms with Gasteiger partial charge in [-0.15, -0.1) is 0 Å². The van der Waals surface area contributed by atoms with Gasteiger partial charge in [0.25, 0.3) is 0 Å². The lowest BCUT2D eigenvalue weighted by atomic mass is 9.88. The predicted octanol–water partition coefficient (Wildman–Crippen LogP) is 2.34. The zero-order valence-corrected chi connectivity index (χ0v) is 11.5. The third kappa shape index (κ3) is 2.87. The quantitative estimate of drug-likeness (QED) is 0.909. The third-order valence-electron chi connectivity index (χ3n) is 4.06. The number of nitrogens with zero attached hydrogens (tertiary/aromatic N) is 2. The second-order valence-electron chi connectivity index (χ2n) is 5.33. The molecule has 3 heteroatoms. The summed E-state index contributed by atoms with van der Waals surface area (Å²) in [6, 6.07) is 9.45. The van der Waals surface area contributed by atoms with Gasteiger partial charge in [0, 0.05) is 31.5 Å². The Balaban J connectivity index is 1.51. The van der Waals surface area contributed by atoms with Crippen LogP contribution in [0.25, 0.3) is 0 Å². The normalized spacial score (nSPS) is 18.3. The monoisotopic (exact) mass is 255 g/mol. The molecule has 0 amide bonds. The van der Waals surface area contributed by atoms with Crippen molar-refractivity contribution in [2.75, 3.05) is 6.54 Å². The van der Waals surface area contributed by atoms with E-state index in [0.29, 0.717) is 6.04 Å². The van der Waals surface area contributed by atoms with Gasteiger partial charge >= 0.3 is 0 Å². The molecule has 1 aromatic carbocycles. The minimum absolute atomic E-state index is 0.624. The molecule has 0 bridgehead atoms. The molecular weight excluding hydrogens is 234 g/mol. The topological polar surface area (TPSA) is 29.9 Å². The first kappa shape index (κ1) is 12.4. The van der Waals surface area contributed by atoms with Crippen LogP contribution in [0.4, 0.5) is 0 Å². The van der Waals surface area contributed by atoms with Crippen molar-refractivity contribution in [3.63, 3.8) is 0 Å². The first-order chi connectivity index (χ1) is 9.33. The van der Waals surface area contributed by atoms with Gasteiger partial charge in [-0.25, -0.2) is 4.98 Å². The average molecular weight is 255 g/mol. The van der Waals surface area contributed by atoms with Crippen molar-refractivity contribution in [3.05, 3.63) is 53.6 Å². The molecule has 2 aromatic rings. The van der Waals surface area contributed by atoms with E-state index in [1.807, 2.05) is 12.4 Å². The number of imidazole rings is 1. The van der Waals surface area contributed by atoms with Crippen molar-refractivity contribution < 1.29 is 0 Å². The molecule has 1 aliphatic carbocycles. The molecule has 1 aromatic heterocycles. The van der Waals surface area contributed by atoms with Crippen LogP contribution in [0.5, 0.6) is 0 Å². The smallest absolute Gasteiger partial charge is 0.105 e. The molecule has 1 heterocycles. The van der Waals surface area contributed by atoms with E-state index in [9.17, 15) is 0 Å². The molecule has 1 unspecified atom stereocenters. The molecule has 3 nitrogen and oxygen atoms in total. The minimum Gasteiger partial charge on any atom is -0.334 e. The second-order valence-corrected chi connectivity index (χ2v) is 5.33. The molecular formula is C16H21N3. The van der Waals surface area contributed by atoms with Gasteiger partial charge in [0.05, 0.1) is 0 Å². The van der Waals surface area contributed by atoms with Gasteiger partial charge in [-0.1, -0.05) is 24.3 Å². The highest BCUT2D eigenvalue weighted by Crippen LogP contribution is 2.20. The summed E-state index contributed by atoms with van der Waals surface area (Å²) >= 11 is 0. The van der Waals surface area contributed by atoms with Gasteiger partial charge in [-0.2, -0.15) is 0 Å². The van der Waals surface area contributed by atoms with Gasteiger partial charge in [-0.3, -0.25) is 0 Å². The Morgan fingerprint density at radius 3 is 2.95 bits per heavy atom. The Morgan fingerprint density at radius 1 is 1.32 bits per heavy atom. The van der Waals surface area contributed by atoms with E-state index < -0.39 is 0 Å². The van der Waals surface area contributed by atoms with Crippen LogP contribution in [0.3, 0.4) is 0 Å². The van der Waals surface area contributed by atoms with Crippen molar-refractivity contribution in [1.29, 1.82) is 0 Å². The van der Waals surface area contributed by atoms with Gasteiger partial charge < -0.3 is 9.88 Å². The molecule has 1 N–H and O–H groups in total. The minimum atomic E-state index is 0.624. The van der Waals surface area contributed by atoms with Gasteiger partial charge in [0.2, 0.25) is 0 Å². The molecule has 1 aliphatic rings. The van der Waals surface area contributed by atoms with Crippen molar-refractivity contribution >= 4 is 0 Å². The van der Waals surface area contributed by atoms with E-state index in [0.717, 1.165) is 18.9 Å². The van der Waals surface area contributed by atoms with Crippen LogP contribution in [0.15, 0.2) is 36.7 Å². The Kier molecular flexibility index (Phi) is 3.65. The van der Waals surface area contributed by atoms with E-state index in [2.05, 4.69) is 46.1 Å². The fourth-order valence-electron chi connectivity index (χ4n) is 2.90. The fourth-order valence-corrected chi connectivity index (χ4v) is 2.90. The Bertz CT molecular complexity index is 544. The van der Waals surface area contributed by atoms with E-state index in [-0.39, 0.29) is 0 Å². The third-order valence-corrected chi connectivity index (χ3v) is 4.06. The second kappa shape index (κ2) is 5.57. The van der Waals surface area contributed by atoms with Crippen LogP contribution < -0.4 is 5.32 Å². The first-order valence-electron chi connectivity index (χ1n) is 7.11. The largest absolute Gasteiger partial charge is 0.334 e. The van der Waals surface area contributed by atoms with Gasteiger partial charge in [0.15, 0.2) is 0 Å². The number of fused-ring (bicyclic) bond motifs is 1. The number of benzene rings is 1. The maximum absolute atomic E-state index is 4.25. The zero-order chi connectivity index (χ0) is 13.1. The highest BCUT2D eigenvalue weighted by molar-refractivity contribution is 5.30. The molecule has 100 valence electrons. The van der Waals surface area contributed by atoms with Crippen molar-refractivity contribution in [3.8, 4) is 0 Å². The highest BCUT2D eigenvalue weighted by atomic mass is 15.1. The Labute approximate surface area is 114 Å². The van der Waals surface area contributed by atoms with E-state index in [4.69, 9.17) is 0 Å². The summed E-state index contributed by atoms with van der Waals surface area (Å²) in [6.45, 7) is 4.07. The molecule has 0 saturated heterocycles. The summed E-state index contributed by atoms with van der Waals surface area (Å²) in [4.78, 5) is 4.25. The molecule has 0 spiro atoms. The summed E-state index contributed by atoms with van der Waals surface area (Å²) in [5.74, 6) is 1.09. The van der Waals surface area contributed by atoms with Crippen LogP contribution in [-0.2, 0) is 19.4 Å². The average Bonchev–Trinajstić information content (AvgIpc) is 2.84. The first-order valence-corrected chi connectivity index (χ1v) is 7.11. The van der Waals surface area contributed by atoms with Gasteiger partial charge in [0.1, 0.15) is 5.82 Å². The number of nitrogens with one attached hydrogen (secondary N) is 1. The maximum atomic E-state index is 4.25. The molecule has 0 radical (unpaired) electrons. The fraction of sp³-hybridized carbons (Fsp3) is 0.438. The Hall–Kier alpha value is -1.61. The van der Waals surface area contributed by atoms with Crippen LogP contribution in [0, 0.1) is 6.92 Å². The van der Waals surface area contributed by atoms with Crippen LogP contribution in [0.1, 0.15) is 23.4 Å². The predicted molar refractivity (Wildman–Crippen MR) is 77.2 cm³/mol. The van der Waals surface area contributed by atoms with E-state index in [1.165, 1.54) is 30.4 Å². The molecule has 1 atom stereocenters. The Morgan fingerprint density at radius 2 is 2.16 bits per heavy atom. The SMILES string of the molecule is Cc1nccn1CCNC1CCc2ccccc2C1. The molecule has 0 aliphatic heterocycles. The van der Waals surface area contributed by atoms with Crippen LogP contribution in [-0.4, -0.2) is 22.1 Å². The van der Waals surface area contributed by atoms with Crippen LogP contribution >= 0.6 is 0 Å². The molecule has 19 heavy (non-hydrogen) atoms. The highest BCUT2D eigenvalue weighted by Gasteiger charge is 2.17. The molecule has 0 fully saturated rings. The number of rotatable bonds is 4. The van der Waals surface area contributed by atoms with E-state index >= 15 is 0 Å². The lowest BCUT2D eigenvalue weighted by Crippen LogP contribution is -2.36.